The van der Waals surface area contributed by atoms with E-state index in [-0.39, 0.29) is 32.6 Å². The second kappa shape index (κ2) is 43.3. The molecule has 0 fully saturated rings. The van der Waals surface area contributed by atoms with Crippen LogP contribution in [0.1, 0.15) is 194 Å². The molecular formula is C47H84NO8P. The minimum Gasteiger partial charge on any atom is -0.462 e. The number of carbonyl (C=O) groups excluding carboxylic acids is 2. The average Bonchev–Trinajstić information content (AvgIpc) is 3.20. The van der Waals surface area contributed by atoms with Crippen LogP contribution in [0.2, 0.25) is 0 Å². The molecule has 2 atom stereocenters. The molecule has 3 N–H and O–H groups in total. The molecule has 0 aromatic carbocycles. The van der Waals surface area contributed by atoms with Crippen molar-refractivity contribution in [2.45, 2.75) is 200 Å². The van der Waals surface area contributed by atoms with E-state index in [0.717, 1.165) is 44.9 Å². The van der Waals surface area contributed by atoms with Gasteiger partial charge in [-0.05, 0) is 77.0 Å². The molecule has 10 heteroatoms. The SMILES string of the molecule is CCCCC/C=C\C/C=C\C/C=C\C/C=C\CCCC(=O)OC[C@H](COP(=O)(O)OCCN)OC(=O)CCCCCCCCCCC/C=C\CCCCCCCC. The van der Waals surface area contributed by atoms with Crippen LogP contribution in [0.25, 0.3) is 0 Å². The second-order valence-corrected chi connectivity index (χ2v) is 16.4. The van der Waals surface area contributed by atoms with Crippen LogP contribution in [-0.2, 0) is 32.7 Å². The molecule has 0 saturated carbocycles. The molecule has 0 amide bonds. The molecule has 0 rings (SSSR count). The summed E-state index contributed by atoms with van der Waals surface area (Å²) in [6, 6.07) is 0. The van der Waals surface area contributed by atoms with Crippen molar-refractivity contribution in [1.29, 1.82) is 0 Å². The maximum Gasteiger partial charge on any atom is 0.472 e. The summed E-state index contributed by atoms with van der Waals surface area (Å²) in [6.07, 6.45) is 51.1. The largest absolute Gasteiger partial charge is 0.472 e. The van der Waals surface area contributed by atoms with Gasteiger partial charge in [-0.2, -0.15) is 0 Å². The highest BCUT2D eigenvalue weighted by atomic mass is 31.2. The van der Waals surface area contributed by atoms with Gasteiger partial charge in [0.05, 0.1) is 13.2 Å². The van der Waals surface area contributed by atoms with Crippen molar-refractivity contribution in [3.05, 3.63) is 60.8 Å². The quantitative estimate of drug-likeness (QED) is 0.0267. The Morgan fingerprint density at radius 1 is 0.526 bits per heavy atom. The van der Waals surface area contributed by atoms with Crippen molar-refractivity contribution in [1.82, 2.24) is 0 Å². The van der Waals surface area contributed by atoms with Crippen molar-refractivity contribution >= 4 is 19.8 Å². The molecule has 330 valence electrons. The predicted octanol–water partition coefficient (Wildman–Crippen LogP) is 13.3. The van der Waals surface area contributed by atoms with E-state index < -0.39 is 32.5 Å². The number of carbonyl (C=O) groups is 2. The minimum atomic E-state index is -4.39. The number of rotatable bonds is 42. The van der Waals surface area contributed by atoms with Gasteiger partial charge < -0.3 is 20.1 Å². The molecule has 0 saturated heterocycles. The third-order valence-electron chi connectivity index (χ3n) is 9.38. The van der Waals surface area contributed by atoms with Crippen LogP contribution in [0.15, 0.2) is 60.8 Å². The second-order valence-electron chi connectivity index (χ2n) is 14.9. The molecule has 1 unspecified atom stereocenters. The van der Waals surface area contributed by atoms with E-state index in [9.17, 15) is 19.0 Å². The van der Waals surface area contributed by atoms with Crippen LogP contribution >= 0.6 is 7.82 Å². The first-order chi connectivity index (χ1) is 27.8. The van der Waals surface area contributed by atoms with Crippen LogP contribution in [0.4, 0.5) is 0 Å². The Kier molecular flexibility index (Phi) is 41.6. The fraction of sp³-hybridized carbons (Fsp3) is 0.745. The molecule has 57 heavy (non-hydrogen) atoms. The molecule has 0 aliphatic rings. The summed E-state index contributed by atoms with van der Waals surface area (Å²) in [5, 5.41) is 0. The standard InChI is InChI=1S/C47H84NO8P/c1-3-5-7-9-11-13-15-17-19-21-22-24-26-28-30-32-34-36-38-40-47(50)56-45(44-55-57(51,52)54-42-41-48)43-53-46(49)39-37-35-33-31-29-27-25-23-20-18-16-14-12-10-8-6-4-2/h12,14,17-20,25,27,31,33,45H,3-11,13,15-16,21-24,26,28-30,32,34-44,48H2,1-2H3,(H,51,52)/b14-12-,19-17-,20-18-,27-25-,33-31-/t45-/m1/s1. The van der Waals surface area contributed by atoms with Crippen LogP contribution in [-0.4, -0.2) is 49.3 Å². The molecule has 0 aromatic rings. The summed E-state index contributed by atoms with van der Waals surface area (Å²) in [5.41, 5.74) is 5.35. The van der Waals surface area contributed by atoms with Gasteiger partial charge in [0, 0.05) is 19.4 Å². The maximum atomic E-state index is 12.6. The van der Waals surface area contributed by atoms with Gasteiger partial charge >= 0.3 is 19.8 Å². The van der Waals surface area contributed by atoms with Gasteiger partial charge in [0.15, 0.2) is 6.10 Å². The summed E-state index contributed by atoms with van der Waals surface area (Å²) in [6.45, 7) is 3.64. The van der Waals surface area contributed by atoms with E-state index in [1.165, 1.54) is 109 Å². The molecule has 0 heterocycles. The zero-order valence-electron chi connectivity index (χ0n) is 36.3. The lowest BCUT2D eigenvalue weighted by Gasteiger charge is -2.19. The first kappa shape index (κ1) is 54.7. The minimum absolute atomic E-state index is 0.0439. The Bertz CT molecular complexity index is 1120. The van der Waals surface area contributed by atoms with Gasteiger partial charge in [-0.3, -0.25) is 18.6 Å². The Morgan fingerprint density at radius 3 is 1.46 bits per heavy atom. The predicted molar refractivity (Wildman–Crippen MR) is 238 cm³/mol. The molecule has 0 spiro atoms. The summed E-state index contributed by atoms with van der Waals surface area (Å²) >= 11 is 0. The Balaban J connectivity index is 4.21. The highest BCUT2D eigenvalue weighted by molar-refractivity contribution is 7.47. The summed E-state index contributed by atoms with van der Waals surface area (Å²) < 4.78 is 32.8. The lowest BCUT2D eigenvalue weighted by Crippen LogP contribution is -2.29. The number of nitrogens with two attached hydrogens (primary N) is 1. The summed E-state index contributed by atoms with van der Waals surface area (Å²) in [7, 11) is -4.39. The first-order valence-electron chi connectivity index (χ1n) is 22.8. The molecule has 0 aliphatic carbocycles. The molecule has 9 nitrogen and oxygen atoms in total. The van der Waals surface area contributed by atoms with Crippen LogP contribution < -0.4 is 5.73 Å². The van der Waals surface area contributed by atoms with Crippen LogP contribution in [0.5, 0.6) is 0 Å². The van der Waals surface area contributed by atoms with E-state index >= 15 is 0 Å². The highest BCUT2D eigenvalue weighted by Crippen LogP contribution is 2.43. The maximum absolute atomic E-state index is 12.6. The van der Waals surface area contributed by atoms with E-state index in [1.807, 2.05) is 6.08 Å². The first-order valence-corrected chi connectivity index (χ1v) is 24.3. The average molecular weight is 822 g/mol. The van der Waals surface area contributed by atoms with Crippen molar-refractivity contribution < 1.29 is 37.6 Å². The smallest absolute Gasteiger partial charge is 0.462 e. The highest BCUT2D eigenvalue weighted by Gasteiger charge is 2.26. The Labute approximate surface area is 349 Å². The Morgan fingerprint density at radius 2 is 0.930 bits per heavy atom. The van der Waals surface area contributed by atoms with Gasteiger partial charge in [0.2, 0.25) is 0 Å². The van der Waals surface area contributed by atoms with Gasteiger partial charge in [-0.15, -0.1) is 0 Å². The number of ether oxygens (including phenoxy) is 2. The number of phosphoric ester groups is 1. The summed E-state index contributed by atoms with van der Waals surface area (Å²) in [5.74, 6) is -0.897. The van der Waals surface area contributed by atoms with E-state index in [1.54, 1.807) is 0 Å². The fourth-order valence-corrected chi connectivity index (χ4v) is 6.74. The lowest BCUT2D eigenvalue weighted by atomic mass is 10.1. The monoisotopic (exact) mass is 822 g/mol. The summed E-state index contributed by atoms with van der Waals surface area (Å²) in [4.78, 5) is 34.9. The third kappa shape index (κ3) is 43.1. The number of esters is 2. The van der Waals surface area contributed by atoms with Crippen molar-refractivity contribution in [3.8, 4) is 0 Å². The topological polar surface area (TPSA) is 134 Å². The molecule has 0 radical (unpaired) electrons. The number of hydrogen-bond acceptors (Lipinski definition) is 8. The van der Waals surface area contributed by atoms with Crippen molar-refractivity contribution in [3.63, 3.8) is 0 Å². The fourth-order valence-electron chi connectivity index (χ4n) is 5.97. The molecule has 0 aromatic heterocycles. The zero-order chi connectivity index (χ0) is 41.8. The Hall–Kier alpha value is -2.29. The van der Waals surface area contributed by atoms with Gasteiger partial charge in [0.25, 0.3) is 0 Å². The third-order valence-corrected chi connectivity index (χ3v) is 10.4. The van der Waals surface area contributed by atoms with Crippen molar-refractivity contribution in [2.75, 3.05) is 26.4 Å². The number of hydrogen-bond donors (Lipinski definition) is 2. The van der Waals surface area contributed by atoms with Gasteiger partial charge in [-0.25, -0.2) is 4.57 Å². The number of phosphoric acid groups is 1. The number of unbranched alkanes of at least 4 members (excludes halogenated alkanes) is 19. The van der Waals surface area contributed by atoms with Crippen molar-refractivity contribution in [2.24, 2.45) is 5.73 Å². The van der Waals surface area contributed by atoms with Crippen LogP contribution in [0.3, 0.4) is 0 Å². The van der Waals surface area contributed by atoms with E-state index in [2.05, 4.69) is 68.5 Å². The molecular weight excluding hydrogens is 737 g/mol. The molecule has 0 bridgehead atoms. The van der Waals surface area contributed by atoms with Gasteiger partial charge in [-0.1, -0.05) is 164 Å². The number of allylic oxidation sites excluding steroid dienone is 10. The van der Waals surface area contributed by atoms with Crippen LogP contribution in [0, 0.1) is 0 Å². The lowest BCUT2D eigenvalue weighted by molar-refractivity contribution is -0.161. The normalized spacial score (nSPS) is 13.8. The van der Waals surface area contributed by atoms with Gasteiger partial charge in [0.1, 0.15) is 6.61 Å². The zero-order valence-corrected chi connectivity index (χ0v) is 37.2. The van der Waals surface area contributed by atoms with E-state index in [0.29, 0.717) is 12.8 Å². The molecule has 0 aliphatic heterocycles. The van der Waals surface area contributed by atoms with E-state index in [4.69, 9.17) is 24.3 Å².